The van der Waals surface area contributed by atoms with Crippen molar-refractivity contribution in [3.63, 3.8) is 0 Å². The van der Waals surface area contributed by atoms with E-state index in [0.717, 1.165) is 31.5 Å². The quantitative estimate of drug-likeness (QED) is 0.228. The number of nitrogens with zero attached hydrogens (tertiary/aromatic N) is 2. The molecule has 0 bridgehead atoms. The molecule has 0 fully saturated rings. The Morgan fingerprint density at radius 2 is 1.14 bits per heavy atom. The zero-order valence-electron chi connectivity index (χ0n) is 14.6. The van der Waals surface area contributed by atoms with Crippen molar-refractivity contribution in [3.05, 3.63) is 0 Å². The fraction of sp³-hybridized carbons (Fsp3) is 0.941. The van der Waals surface area contributed by atoms with Gasteiger partial charge in [-0.15, -0.1) is 0 Å². The van der Waals surface area contributed by atoms with Crippen LogP contribution >= 0.6 is 11.6 Å². The summed E-state index contributed by atoms with van der Waals surface area (Å²) in [7, 11) is 0. The van der Waals surface area contributed by atoms with E-state index < -0.39 is 0 Å². The van der Waals surface area contributed by atoms with Gasteiger partial charge in [0.25, 0.3) is 0 Å². The third-order valence-corrected chi connectivity index (χ3v) is 4.13. The van der Waals surface area contributed by atoms with Gasteiger partial charge in [-0.3, -0.25) is 9.48 Å². The largest absolute Gasteiger partial charge is 1.00 e. The van der Waals surface area contributed by atoms with Gasteiger partial charge in [0, 0.05) is 11.6 Å². The van der Waals surface area contributed by atoms with E-state index in [-0.39, 0.29) is 12.4 Å². The normalized spacial score (nSPS) is 10.1. The topological polar surface area (TPSA) is 6.25 Å². The SMILES string of the molecule is CCCCN(CCCC)C(Cl)=[N+](CCCC)CCCC.[Cl-]. The van der Waals surface area contributed by atoms with Crippen LogP contribution in [0.4, 0.5) is 0 Å². The highest BCUT2D eigenvalue weighted by Gasteiger charge is 2.19. The van der Waals surface area contributed by atoms with Crippen LogP contribution in [0.5, 0.6) is 0 Å². The van der Waals surface area contributed by atoms with Crippen LogP contribution in [0.2, 0.25) is 0 Å². The lowest BCUT2D eigenvalue weighted by Crippen LogP contribution is -3.00. The lowest BCUT2D eigenvalue weighted by atomic mass is 10.2. The molecule has 2 nitrogen and oxygen atoms in total. The molecule has 0 radical (unpaired) electrons. The van der Waals surface area contributed by atoms with Crippen LogP contribution in [0.25, 0.3) is 0 Å². The van der Waals surface area contributed by atoms with Crippen LogP contribution in [0.3, 0.4) is 0 Å². The first-order valence-corrected chi connectivity index (χ1v) is 9.11. The molecule has 21 heavy (non-hydrogen) atoms. The Hall–Kier alpha value is 0.0500. The highest BCUT2D eigenvalue weighted by molar-refractivity contribution is 6.63. The van der Waals surface area contributed by atoms with E-state index in [1.807, 2.05) is 0 Å². The van der Waals surface area contributed by atoms with Gasteiger partial charge in [-0.25, -0.2) is 0 Å². The van der Waals surface area contributed by atoms with Crippen molar-refractivity contribution in [1.82, 2.24) is 4.90 Å². The molecule has 0 aliphatic heterocycles. The Labute approximate surface area is 144 Å². The van der Waals surface area contributed by atoms with Crippen LogP contribution in [-0.4, -0.2) is 40.9 Å². The molecule has 4 heteroatoms. The highest BCUT2D eigenvalue weighted by Crippen LogP contribution is 2.06. The van der Waals surface area contributed by atoms with Crippen molar-refractivity contribution in [1.29, 1.82) is 0 Å². The average Bonchev–Trinajstić information content (AvgIpc) is 2.47. The van der Waals surface area contributed by atoms with Gasteiger partial charge in [-0.2, -0.15) is 0 Å². The highest BCUT2D eigenvalue weighted by atomic mass is 35.5. The summed E-state index contributed by atoms with van der Waals surface area (Å²) in [6.07, 6.45) is 9.86. The number of rotatable bonds is 12. The maximum Gasteiger partial charge on any atom is 0.345 e. The zero-order chi connectivity index (χ0) is 15.2. The van der Waals surface area contributed by atoms with Crippen molar-refractivity contribution in [2.24, 2.45) is 0 Å². The molecular formula is C17H36Cl2N2. The number of unbranched alkanes of at least 4 members (excludes halogenated alkanes) is 4. The number of amidine groups is 1. The van der Waals surface area contributed by atoms with Gasteiger partial charge < -0.3 is 12.4 Å². The third-order valence-electron chi connectivity index (χ3n) is 3.65. The minimum Gasteiger partial charge on any atom is -1.00 e. The van der Waals surface area contributed by atoms with Gasteiger partial charge in [-0.1, -0.05) is 53.4 Å². The summed E-state index contributed by atoms with van der Waals surface area (Å²) in [6, 6.07) is 0. The van der Waals surface area contributed by atoms with Crippen LogP contribution in [0.15, 0.2) is 0 Å². The Kier molecular flexibility index (Phi) is 18.2. The van der Waals surface area contributed by atoms with Crippen LogP contribution < -0.4 is 12.4 Å². The Morgan fingerprint density at radius 1 is 0.762 bits per heavy atom. The summed E-state index contributed by atoms with van der Waals surface area (Å²) >= 11 is 6.72. The second kappa shape index (κ2) is 16.4. The molecule has 0 aliphatic rings. The van der Waals surface area contributed by atoms with Gasteiger partial charge in [0.05, 0.1) is 26.2 Å². The maximum atomic E-state index is 6.72. The Balaban J connectivity index is 0. The molecule has 0 aromatic carbocycles. The van der Waals surface area contributed by atoms with Crippen LogP contribution in [0.1, 0.15) is 79.1 Å². The molecule has 0 amide bonds. The molecular weight excluding hydrogens is 303 g/mol. The molecule has 0 saturated heterocycles. The van der Waals surface area contributed by atoms with Gasteiger partial charge in [-0.05, 0) is 25.7 Å². The molecule has 0 spiro atoms. The smallest absolute Gasteiger partial charge is 0.345 e. The molecule has 0 heterocycles. The monoisotopic (exact) mass is 338 g/mol. The first-order valence-electron chi connectivity index (χ1n) is 8.73. The predicted octanol–water partition coefficient (Wildman–Crippen LogP) is 2.10. The fourth-order valence-corrected chi connectivity index (χ4v) is 2.53. The van der Waals surface area contributed by atoms with E-state index in [4.69, 9.17) is 11.6 Å². The first-order chi connectivity index (χ1) is 9.71. The Bertz CT molecular complexity index is 237. The van der Waals surface area contributed by atoms with Crippen molar-refractivity contribution >= 4 is 16.9 Å². The van der Waals surface area contributed by atoms with Crippen molar-refractivity contribution in [3.8, 4) is 0 Å². The lowest BCUT2D eigenvalue weighted by Gasteiger charge is -2.19. The van der Waals surface area contributed by atoms with Gasteiger partial charge in [0.15, 0.2) is 0 Å². The minimum atomic E-state index is 0. The molecule has 0 aromatic rings. The molecule has 0 unspecified atom stereocenters. The summed E-state index contributed by atoms with van der Waals surface area (Å²) in [5.41, 5.74) is 0. The molecule has 0 atom stereocenters. The van der Waals surface area contributed by atoms with E-state index in [0.29, 0.717) is 0 Å². The van der Waals surface area contributed by atoms with Crippen LogP contribution in [0, 0.1) is 0 Å². The van der Waals surface area contributed by atoms with E-state index >= 15 is 0 Å². The van der Waals surface area contributed by atoms with Crippen LogP contribution in [-0.2, 0) is 0 Å². The standard InChI is InChI=1S/C17H36ClN2.ClH/c1-5-9-13-19(14-10-6-2)17(18)20(15-11-7-3)16-12-8-4;/h5-16H2,1-4H3;1H/q+1;/p-1. The number of hydrogen-bond acceptors (Lipinski definition) is 0. The minimum absolute atomic E-state index is 0. The number of halogens is 2. The van der Waals surface area contributed by atoms with E-state index in [1.54, 1.807) is 0 Å². The summed E-state index contributed by atoms with van der Waals surface area (Å²) in [5, 5.41) is 0.994. The van der Waals surface area contributed by atoms with Crippen molar-refractivity contribution in [2.45, 2.75) is 79.1 Å². The summed E-state index contributed by atoms with van der Waals surface area (Å²) in [5.74, 6) is 0. The second-order valence-electron chi connectivity index (χ2n) is 5.66. The second-order valence-corrected chi connectivity index (χ2v) is 6.00. The van der Waals surface area contributed by atoms with E-state index in [1.165, 1.54) is 51.4 Å². The van der Waals surface area contributed by atoms with E-state index in [2.05, 4.69) is 37.2 Å². The molecule has 0 aromatic heterocycles. The first kappa shape index (κ1) is 23.3. The average molecular weight is 339 g/mol. The Morgan fingerprint density at radius 3 is 1.48 bits per heavy atom. The molecule has 128 valence electrons. The van der Waals surface area contributed by atoms with Gasteiger partial charge in [0.2, 0.25) is 0 Å². The summed E-state index contributed by atoms with van der Waals surface area (Å²) in [4.78, 5) is 2.40. The molecule has 0 N–H and O–H groups in total. The predicted molar refractivity (Wildman–Crippen MR) is 92.1 cm³/mol. The molecule has 0 saturated carbocycles. The maximum absolute atomic E-state index is 6.72. The molecule has 0 rings (SSSR count). The summed E-state index contributed by atoms with van der Waals surface area (Å²) < 4.78 is 2.40. The molecule has 0 aliphatic carbocycles. The summed E-state index contributed by atoms with van der Waals surface area (Å²) in [6.45, 7) is 13.4. The third kappa shape index (κ3) is 11.3. The zero-order valence-corrected chi connectivity index (χ0v) is 16.1. The van der Waals surface area contributed by atoms with Gasteiger partial charge in [0.1, 0.15) is 0 Å². The van der Waals surface area contributed by atoms with Crippen molar-refractivity contribution in [2.75, 3.05) is 26.2 Å². The van der Waals surface area contributed by atoms with Gasteiger partial charge >= 0.3 is 5.29 Å². The fourth-order valence-electron chi connectivity index (χ4n) is 2.19. The van der Waals surface area contributed by atoms with E-state index in [9.17, 15) is 0 Å². The van der Waals surface area contributed by atoms with Crippen molar-refractivity contribution < 1.29 is 17.0 Å². The number of hydrogen-bond donors (Lipinski definition) is 0. The lowest BCUT2D eigenvalue weighted by molar-refractivity contribution is -0.531.